The van der Waals surface area contributed by atoms with Crippen LogP contribution in [0.2, 0.25) is 0 Å². The number of allylic oxidation sites excluding steroid dienone is 4. The molecule has 2 N–H and O–H groups in total. The van der Waals surface area contributed by atoms with Crippen LogP contribution in [0.4, 0.5) is 0 Å². The molecule has 10 heavy (non-hydrogen) atoms. The van der Waals surface area contributed by atoms with Crippen molar-refractivity contribution in [2.75, 3.05) is 0 Å². The van der Waals surface area contributed by atoms with Gasteiger partial charge in [-0.05, 0) is 18.1 Å². The van der Waals surface area contributed by atoms with Crippen molar-refractivity contribution in [2.45, 2.75) is 13.8 Å². The minimum atomic E-state index is 0.395. The maximum Gasteiger partial charge on any atom is 0.0224 e. The Morgan fingerprint density at radius 2 is 2.30 bits per heavy atom. The normalized spacial score (nSPS) is 24.0. The molecule has 1 unspecified atom stereocenters. The van der Waals surface area contributed by atoms with E-state index in [0.29, 0.717) is 5.92 Å². The van der Waals surface area contributed by atoms with Gasteiger partial charge in [0.05, 0.1) is 0 Å². The summed E-state index contributed by atoms with van der Waals surface area (Å²) in [5, 5.41) is 0. The van der Waals surface area contributed by atoms with Crippen molar-refractivity contribution in [3.63, 3.8) is 0 Å². The lowest BCUT2D eigenvalue weighted by Gasteiger charge is -2.03. The average Bonchev–Trinajstić information content (AvgIpc) is 2.14. The zero-order valence-corrected chi connectivity index (χ0v) is 6.52. The lowest BCUT2D eigenvalue weighted by atomic mass is 10.1. The van der Waals surface area contributed by atoms with Gasteiger partial charge in [-0.25, -0.2) is 0 Å². The highest BCUT2D eigenvalue weighted by Crippen LogP contribution is 2.24. The third kappa shape index (κ3) is 0.991. The van der Waals surface area contributed by atoms with Crippen molar-refractivity contribution in [1.29, 1.82) is 0 Å². The van der Waals surface area contributed by atoms with E-state index in [4.69, 9.17) is 5.73 Å². The Balaban J connectivity index is 2.96. The standard InChI is InChI=1S/C9H13N/c1-6(2)8-5-4-7(3)9(8)10/h4-5,7H,1,10H2,2-3H3. The van der Waals surface area contributed by atoms with E-state index in [1.165, 1.54) is 0 Å². The van der Waals surface area contributed by atoms with Gasteiger partial charge in [0.1, 0.15) is 0 Å². The first-order valence-corrected chi connectivity index (χ1v) is 3.46. The molecule has 0 aromatic rings. The van der Waals surface area contributed by atoms with Gasteiger partial charge < -0.3 is 5.73 Å². The van der Waals surface area contributed by atoms with Crippen molar-refractivity contribution in [3.05, 3.63) is 35.6 Å². The van der Waals surface area contributed by atoms with E-state index < -0.39 is 0 Å². The van der Waals surface area contributed by atoms with Crippen LogP contribution in [-0.4, -0.2) is 0 Å². The molecule has 54 valence electrons. The van der Waals surface area contributed by atoms with Crippen LogP contribution in [0.5, 0.6) is 0 Å². The van der Waals surface area contributed by atoms with E-state index in [2.05, 4.69) is 19.6 Å². The van der Waals surface area contributed by atoms with Crippen LogP contribution in [-0.2, 0) is 0 Å². The fourth-order valence-electron chi connectivity index (χ4n) is 1.07. The van der Waals surface area contributed by atoms with Crippen LogP contribution < -0.4 is 5.73 Å². The van der Waals surface area contributed by atoms with Crippen LogP contribution in [0, 0.1) is 5.92 Å². The maximum atomic E-state index is 5.78. The molecule has 1 aliphatic rings. The predicted molar refractivity (Wildman–Crippen MR) is 44.3 cm³/mol. The van der Waals surface area contributed by atoms with Gasteiger partial charge in [0.2, 0.25) is 0 Å². The zero-order chi connectivity index (χ0) is 7.72. The fraction of sp³-hybridized carbons (Fsp3) is 0.333. The number of hydrogen-bond acceptors (Lipinski definition) is 1. The van der Waals surface area contributed by atoms with Crippen molar-refractivity contribution >= 4 is 0 Å². The first-order valence-electron chi connectivity index (χ1n) is 3.46. The Morgan fingerprint density at radius 1 is 1.70 bits per heavy atom. The monoisotopic (exact) mass is 135 g/mol. The minimum Gasteiger partial charge on any atom is -0.401 e. The van der Waals surface area contributed by atoms with E-state index in [1.54, 1.807) is 0 Å². The highest BCUT2D eigenvalue weighted by atomic mass is 14.6. The van der Waals surface area contributed by atoms with Crippen LogP contribution in [0.25, 0.3) is 0 Å². The number of hydrogen-bond donors (Lipinski definition) is 1. The van der Waals surface area contributed by atoms with Gasteiger partial charge in [0.15, 0.2) is 0 Å². The van der Waals surface area contributed by atoms with Crippen molar-refractivity contribution in [1.82, 2.24) is 0 Å². The summed E-state index contributed by atoms with van der Waals surface area (Å²) in [7, 11) is 0. The fourth-order valence-corrected chi connectivity index (χ4v) is 1.07. The summed E-state index contributed by atoms with van der Waals surface area (Å²) in [5.41, 5.74) is 8.90. The Morgan fingerprint density at radius 3 is 2.50 bits per heavy atom. The molecule has 0 amide bonds. The summed E-state index contributed by atoms with van der Waals surface area (Å²) in [6, 6.07) is 0. The van der Waals surface area contributed by atoms with Gasteiger partial charge in [-0.15, -0.1) is 0 Å². The van der Waals surface area contributed by atoms with Crippen molar-refractivity contribution in [2.24, 2.45) is 11.7 Å². The number of rotatable bonds is 1. The summed E-state index contributed by atoms with van der Waals surface area (Å²) >= 11 is 0. The predicted octanol–water partition coefficient (Wildman–Crippen LogP) is 1.98. The quantitative estimate of drug-likeness (QED) is 0.584. The van der Waals surface area contributed by atoms with Crippen molar-refractivity contribution in [3.8, 4) is 0 Å². The average molecular weight is 135 g/mol. The molecule has 0 saturated heterocycles. The number of nitrogens with two attached hydrogens (primary N) is 1. The lowest BCUT2D eigenvalue weighted by molar-refractivity contribution is 0.860. The van der Waals surface area contributed by atoms with E-state index in [9.17, 15) is 0 Å². The maximum absolute atomic E-state index is 5.78. The largest absolute Gasteiger partial charge is 0.401 e. The Hall–Kier alpha value is -0.980. The Bertz CT molecular complexity index is 221. The second-order valence-corrected chi connectivity index (χ2v) is 2.80. The van der Waals surface area contributed by atoms with Gasteiger partial charge in [-0.3, -0.25) is 0 Å². The summed E-state index contributed by atoms with van der Waals surface area (Å²) < 4.78 is 0. The molecule has 1 rings (SSSR count). The van der Waals surface area contributed by atoms with Crippen LogP contribution in [0.15, 0.2) is 35.6 Å². The Labute approximate surface area is 61.9 Å². The smallest absolute Gasteiger partial charge is 0.0224 e. The molecular formula is C9H13N. The summed E-state index contributed by atoms with van der Waals surface area (Å²) in [4.78, 5) is 0. The van der Waals surface area contributed by atoms with Gasteiger partial charge >= 0.3 is 0 Å². The van der Waals surface area contributed by atoms with Gasteiger partial charge in [-0.1, -0.05) is 25.7 Å². The van der Waals surface area contributed by atoms with Crippen molar-refractivity contribution < 1.29 is 0 Å². The second-order valence-electron chi connectivity index (χ2n) is 2.80. The lowest BCUT2D eigenvalue weighted by Crippen LogP contribution is -2.05. The highest BCUT2D eigenvalue weighted by Gasteiger charge is 2.12. The molecular weight excluding hydrogens is 122 g/mol. The molecule has 0 radical (unpaired) electrons. The third-order valence-corrected chi connectivity index (χ3v) is 1.81. The molecule has 0 aliphatic heterocycles. The highest BCUT2D eigenvalue weighted by molar-refractivity contribution is 5.46. The van der Waals surface area contributed by atoms with Crippen LogP contribution >= 0.6 is 0 Å². The molecule has 0 heterocycles. The first-order chi connectivity index (χ1) is 4.63. The molecule has 0 aromatic heterocycles. The first kappa shape index (κ1) is 7.13. The van der Waals surface area contributed by atoms with Crippen LogP contribution in [0.1, 0.15) is 13.8 Å². The van der Waals surface area contributed by atoms with E-state index in [0.717, 1.165) is 16.8 Å². The third-order valence-electron chi connectivity index (χ3n) is 1.81. The van der Waals surface area contributed by atoms with E-state index >= 15 is 0 Å². The molecule has 0 fully saturated rings. The zero-order valence-electron chi connectivity index (χ0n) is 6.52. The minimum absolute atomic E-state index is 0.395. The van der Waals surface area contributed by atoms with Gasteiger partial charge in [0, 0.05) is 11.6 Å². The topological polar surface area (TPSA) is 26.0 Å². The molecule has 1 nitrogen and oxygen atoms in total. The van der Waals surface area contributed by atoms with E-state index in [-0.39, 0.29) is 0 Å². The molecule has 0 saturated carbocycles. The SMILES string of the molecule is C=C(C)C1=C(N)C(C)C=C1. The van der Waals surface area contributed by atoms with Gasteiger partial charge in [-0.2, -0.15) is 0 Å². The van der Waals surface area contributed by atoms with Gasteiger partial charge in [0.25, 0.3) is 0 Å². The summed E-state index contributed by atoms with van der Waals surface area (Å²) in [6.45, 7) is 7.89. The molecule has 1 aliphatic carbocycles. The summed E-state index contributed by atoms with van der Waals surface area (Å²) in [5.74, 6) is 0.395. The molecule has 1 heteroatoms. The molecule has 0 bridgehead atoms. The van der Waals surface area contributed by atoms with Crippen LogP contribution in [0.3, 0.4) is 0 Å². The molecule has 0 aromatic carbocycles. The van der Waals surface area contributed by atoms with E-state index in [1.807, 2.05) is 13.0 Å². The molecule has 1 atom stereocenters. The summed E-state index contributed by atoms with van der Waals surface area (Å²) in [6.07, 6.45) is 4.14. The molecule has 0 spiro atoms. The Kier molecular flexibility index (Phi) is 1.66. The second kappa shape index (κ2) is 2.33.